The standard InChI is InChI=1S/C13H20ClN/c1-2-3-7-10-15-11-13(14)12-8-5-4-6-9-12/h4-6,8-9,13,15H,2-3,7,10-11H2,1H3. The summed E-state index contributed by atoms with van der Waals surface area (Å²) >= 11 is 6.26. The molecule has 1 rings (SSSR count). The second kappa shape index (κ2) is 7.72. The second-order valence-electron chi connectivity index (χ2n) is 3.79. The molecule has 1 unspecified atom stereocenters. The van der Waals surface area contributed by atoms with Crippen LogP contribution in [0.2, 0.25) is 0 Å². The highest BCUT2D eigenvalue weighted by molar-refractivity contribution is 6.21. The van der Waals surface area contributed by atoms with Crippen molar-refractivity contribution in [1.29, 1.82) is 0 Å². The van der Waals surface area contributed by atoms with Crippen LogP contribution in [0.3, 0.4) is 0 Å². The molecule has 0 aliphatic heterocycles. The zero-order valence-electron chi connectivity index (χ0n) is 9.38. The van der Waals surface area contributed by atoms with E-state index in [9.17, 15) is 0 Å². The molecule has 1 nitrogen and oxygen atoms in total. The van der Waals surface area contributed by atoms with Crippen molar-refractivity contribution in [3.05, 3.63) is 35.9 Å². The number of halogens is 1. The smallest absolute Gasteiger partial charge is 0.0709 e. The first-order chi connectivity index (χ1) is 7.34. The van der Waals surface area contributed by atoms with Crippen molar-refractivity contribution >= 4 is 11.6 Å². The van der Waals surface area contributed by atoms with E-state index in [2.05, 4.69) is 24.4 Å². The summed E-state index contributed by atoms with van der Waals surface area (Å²) in [6, 6.07) is 10.2. The lowest BCUT2D eigenvalue weighted by atomic mass is 10.1. The zero-order valence-corrected chi connectivity index (χ0v) is 10.1. The van der Waals surface area contributed by atoms with Gasteiger partial charge in [-0.05, 0) is 18.5 Å². The van der Waals surface area contributed by atoms with Gasteiger partial charge in [0.2, 0.25) is 0 Å². The van der Waals surface area contributed by atoms with Crippen LogP contribution in [-0.4, -0.2) is 13.1 Å². The number of rotatable bonds is 7. The highest BCUT2D eigenvalue weighted by atomic mass is 35.5. The van der Waals surface area contributed by atoms with E-state index < -0.39 is 0 Å². The SMILES string of the molecule is CCCCCNCC(Cl)c1ccccc1. The van der Waals surface area contributed by atoms with Crippen molar-refractivity contribution in [2.45, 2.75) is 31.6 Å². The molecule has 0 aliphatic carbocycles. The molecule has 1 aromatic rings. The Morgan fingerprint density at radius 1 is 1.20 bits per heavy atom. The molecular weight excluding hydrogens is 206 g/mol. The lowest BCUT2D eigenvalue weighted by Crippen LogP contribution is -2.20. The topological polar surface area (TPSA) is 12.0 Å². The second-order valence-corrected chi connectivity index (χ2v) is 4.32. The molecule has 0 bridgehead atoms. The van der Waals surface area contributed by atoms with Gasteiger partial charge in [-0.1, -0.05) is 50.1 Å². The first kappa shape index (κ1) is 12.5. The number of benzene rings is 1. The molecule has 2 heteroatoms. The molecule has 1 atom stereocenters. The minimum atomic E-state index is 0.0906. The van der Waals surface area contributed by atoms with E-state index in [0.717, 1.165) is 13.1 Å². The van der Waals surface area contributed by atoms with Crippen LogP contribution >= 0.6 is 11.6 Å². The minimum Gasteiger partial charge on any atom is -0.315 e. The number of alkyl halides is 1. The van der Waals surface area contributed by atoms with Crippen LogP contribution < -0.4 is 5.32 Å². The van der Waals surface area contributed by atoms with Crippen LogP contribution in [0.15, 0.2) is 30.3 Å². The Labute approximate surface area is 97.8 Å². The van der Waals surface area contributed by atoms with Gasteiger partial charge in [0.1, 0.15) is 0 Å². The first-order valence-corrected chi connectivity index (χ1v) is 6.18. The maximum atomic E-state index is 6.26. The Morgan fingerprint density at radius 3 is 2.60 bits per heavy atom. The van der Waals surface area contributed by atoms with Gasteiger partial charge in [-0.2, -0.15) is 0 Å². The van der Waals surface area contributed by atoms with Crippen molar-refractivity contribution < 1.29 is 0 Å². The van der Waals surface area contributed by atoms with Crippen LogP contribution in [0.1, 0.15) is 37.1 Å². The summed E-state index contributed by atoms with van der Waals surface area (Å²) in [6.45, 7) is 4.15. The molecule has 0 aromatic heterocycles. The van der Waals surface area contributed by atoms with Gasteiger partial charge in [-0.15, -0.1) is 11.6 Å². The van der Waals surface area contributed by atoms with Gasteiger partial charge in [0.25, 0.3) is 0 Å². The molecule has 0 saturated heterocycles. The predicted molar refractivity (Wildman–Crippen MR) is 67.4 cm³/mol. The molecule has 0 aliphatic rings. The number of hydrogen-bond acceptors (Lipinski definition) is 1. The summed E-state index contributed by atoms with van der Waals surface area (Å²) in [5.74, 6) is 0. The van der Waals surface area contributed by atoms with Crippen LogP contribution in [0.4, 0.5) is 0 Å². The Kier molecular flexibility index (Phi) is 6.45. The Balaban J connectivity index is 2.16. The normalized spacial score (nSPS) is 12.7. The van der Waals surface area contributed by atoms with E-state index >= 15 is 0 Å². The van der Waals surface area contributed by atoms with E-state index in [1.165, 1.54) is 24.8 Å². The van der Waals surface area contributed by atoms with E-state index in [-0.39, 0.29) is 5.38 Å². The average molecular weight is 226 g/mol. The van der Waals surface area contributed by atoms with Gasteiger partial charge < -0.3 is 5.32 Å². The molecule has 1 N–H and O–H groups in total. The van der Waals surface area contributed by atoms with Gasteiger partial charge in [0.05, 0.1) is 5.38 Å². The average Bonchev–Trinajstić information content (AvgIpc) is 2.30. The van der Waals surface area contributed by atoms with Crippen molar-refractivity contribution in [3.8, 4) is 0 Å². The van der Waals surface area contributed by atoms with Gasteiger partial charge >= 0.3 is 0 Å². The summed E-state index contributed by atoms with van der Waals surface area (Å²) in [6.07, 6.45) is 3.81. The van der Waals surface area contributed by atoms with E-state index in [1.807, 2.05) is 18.2 Å². The third kappa shape index (κ3) is 5.19. The van der Waals surface area contributed by atoms with Crippen LogP contribution in [0.25, 0.3) is 0 Å². The van der Waals surface area contributed by atoms with Crippen molar-refractivity contribution in [3.63, 3.8) is 0 Å². The molecule has 15 heavy (non-hydrogen) atoms. The van der Waals surface area contributed by atoms with Crippen LogP contribution in [0.5, 0.6) is 0 Å². The van der Waals surface area contributed by atoms with Crippen LogP contribution in [-0.2, 0) is 0 Å². The highest BCUT2D eigenvalue weighted by Crippen LogP contribution is 2.18. The molecule has 0 spiro atoms. The van der Waals surface area contributed by atoms with E-state index in [1.54, 1.807) is 0 Å². The van der Waals surface area contributed by atoms with Crippen molar-refractivity contribution in [1.82, 2.24) is 5.32 Å². The molecular formula is C13H20ClN. The van der Waals surface area contributed by atoms with Gasteiger partial charge in [-0.3, -0.25) is 0 Å². The van der Waals surface area contributed by atoms with E-state index in [4.69, 9.17) is 11.6 Å². The maximum Gasteiger partial charge on any atom is 0.0709 e. The quantitative estimate of drug-likeness (QED) is 0.551. The molecule has 1 aromatic carbocycles. The summed E-state index contributed by atoms with van der Waals surface area (Å²) in [5, 5.41) is 3.48. The summed E-state index contributed by atoms with van der Waals surface area (Å²) in [7, 11) is 0. The molecule has 0 heterocycles. The highest BCUT2D eigenvalue weighted by Gasteiger charge is 2.05. The summed E-state index contributed by atoms with van der Waals surface area (Å²) in [4.78, 5) is 0. The Bertz CT molecular complexity index is 248. The molecule has 84 valence electrons. The van der Waals surface area contributed by atoms with Gasteiger partial charge in [0.15, 0.2) is 0 Å². The predicted octanol–water partition coefficient (Wildman–Crippen LogP) is 3.75. The summed E-state index contributed by atoms with van der Waals surface area (Å²) < 4.78 is 0. The molecule has 0 radical (unpaired) electrons. The first-order valence-electron chi connectivity index (χ1n) is 5.74. The lowest BCUT2D eigenvalue weighted by molar-refractivity contribution is 0.611. The Hall–Kier alpha value is -0.530. The minimum absolute atomic E-state index is 0.0906. The van der Waals surface area contributed by atoms with Crippen molar-refractivity contribution in [2.75, 3.05) is 13.1 Å². The van der Waals surface area contributed by atoms with E-state index in [0.29, 0.717) is 0 Å². The van der Waals surface area contributed by atoms with Crippen molar-refractivity contribution in [2.24, 2.45) is 0 Å². The third-order valence-electron chi connectivity index (χ3n) is 2.44. The largest absolute Gasteiger partial charge is 0.315 e. The fraction of sp³-hybridized carbons (Fsp3) is 0.538. The fourth-order valence-electron chi connectivity index (χ4n) is 1.51. The zero-order chi connectivity index (χ0) is 10.9. The molecule has 0 fully saturated rings. The number of unbranched alkanes of at least 4 members (excludes halogenated alkanes) is 2. The molecule has 0 amide bonds. The fourth-order valence-corrected chi connectivity index (χ4v) is 1.76. The Morgan fingerprint density at radius 2 is 1.93 bits per heavy atom. The summed E-state index contributed by atoms with van der Waals surface area (Å²) in [5.41, 5.74) is 1.20. The number of hydrogen-bond donors (Lipinski definition) is 1. The van der Waals surface area contributed by atoms with Gasteiger partial charge in [-0.25, -0.2) is 0 Å². The monoisotopic (exact) mass is 225 g/mol. The van der Waals surface area contributed by atoms with Gasteiger partial charge in [0, 0.05) is 6.54 Å². The third-order valence-corrected chi connectivity index (χ3v) is 2.85. The molecule has 0 saturated carbocycles. The lowest BCUT2D eigenvalue weighted by Gasteiger charge is -2.10. The van der Waals surface area contributed by atoms with Crippen LogP contribution in [0, 0.1) is 0 Å². The maximum absolute atomic E-state index is 6.26. The number of nitrogens with one attached hydrogen (secondary N) is 1.